The normalized spacial score (nSPS) is 31.9. The number of ether oxygens (including phenoxy) is 1. The summed E-state index contributed by atoms with van der Waals surface area (Å²) in [6, 6.07) is 9.70. The van der Waals surface area contributed by atoms with Gasteiger partial charge >= 0.3 is 0 Å². The Morgan fingerprint density at radius 1 is 1.18 bits per heavy atom. The first-order valence-electron chi connectivity index (χ1n) is 12.0. The Balaban J connectivity index is 1.37. The first-order chi connectivity index (χ1) is 17.9. The Kier molecular flexibility index (Phi) is 5.67. The second-order valence-corrected chi connectivity index (χ2v) is 13.7. The van der Waals surface area contributed by atoms with Gasteiger partial charge in [0.15, 0.2) is 11.7 Å². The van der Waals surface area contributed by atoms with Gasteiger partial charge in [-0.05, 0) is 54.6 Å². The minimum absolute atomic E-state index is 0.0679. The number of nitrogens with zero attached hydrogens (tertiary/aromatic N) is 2. The molecule has 2 unspecified atom stereocenters. The van der Waals surface area contributed by atoms with Gasteiger partial charge in [0, 0.05) is 12.2 Å². The highest BCUT2D eigenvalue weighted by atomic mass is 32.2. The molecule has 2 bridgehead atoms. The van der Waals surface area contributed by atoms with Gasteiger partial charge < -0.3 is 15.0 Å². The number of anilines is 2. The van der Waals surface area contributed by atoms with Crippen molar-refractivity contribution in [3.8, 4) is 0 Å². The fraction of sp³-hybridized carbons (Fsp3) is 0.360. The lowest BCUT2D eigenvalue weighted by atomic mass is 9.73. The molecule has 2 aromatic rings. The molecule has 10 nitrogen and oxygen atoms in total. The summed E-state index contributed by atoms with van der Waals surface area (Å²) < 4.78 is 62.9. The van der Waals surface area contributed by atoms with Crippen LogP contribution in [0.15, 0.2) is 51.8 Å². The second kappa shape index (κ2) is 8.61. The summed E-state index contributed by atoms with van der Waals surface area (Å²) in [5.41, 5.74) is 1.19. The zero-order valence-electron chi connectivity index (χ0n) is 20.3. The third kappa shape index (κ3) is 4.18. The van der Waals surface area contributed by atoms with Crippen LogP contribution in [-0.4, -0.2) is 65.4 Å². The summed E-state index contributed by atoms with van der Waals surface area (Å²) >= 11 is 0. The number of rotatable bonds is 5. The maximum Gasteiger partial charge on any atom is 0.241 e. The predicted octanol–water partition coefficient (Wildman–Crippen LogP) is 1.79. The van der Waals surface area contributed by atoms with Gasteiger partial charge in [-0.25, -0.2) is 17.0 Å². The van der Waals surface area contributed by atoms with E-state index in [0.717, 1.165) is 12.7 Å². The smallest absolute Gasteiger partial charge is 0.241 e. The number of piperidine rings is 1. The summed E-state index contributed by atoms with van der Waals surface area (Å²) in [4.78, 5) is 29.5. The van der Waals surface area contributed by atoms with Crippen LogP contribution in [0.4, 0.5) is 15.8 Å². The van der Waals surface area contributed by atoms with Gasteiger partial charge in [-0.15, -0.1) is 0 Å². The number of hydrogen-bond acceptors (Lipinski definition) is 7. The van der Waals surface area contributed by atoms with E-state index in [4.69, 9.17) is 4.74 Å². The maximum atomic E-state index is 13.9. The van der Waals surface area contributed by atoms with Crippen molar-refractivity contribution in [3.05, 3.63) is 53.8 Å². The summed E-state index contributed by atoms with van der Waals surface area (Å²) in [5, 5.41) is 2.98. The van der Waals surface area contributed by atoms with Gasteiger partial charge in [0.05, 0.1) is 50.7 Å². The molecule has 3 saturated heterocycles. The van der Waals surface area contributed by atoms with E-state index in [-0.39, 0.29) is 41.0 Å². The van der Waals surface area contributed by atoms with Crippen molar-refractivity contribution >= 4 is 54.5 Å². The van der Waals surface area contributed by atoms with Crippen molar-refractivity contribution in [2.45, 2.75) is 42.5 Å². The first-order valence-corrected chi connectivity index (χ1v) is 15.6. The van der Waals surface area contributed by atoms with Gasteiger partial charge in [0.25, 0.3) is 0 Å². The van der Waals surface area contributed by atoms with Crippen molar-refractivity contribution in [3.63, 3.8) is 0 Å². The number of sulfonamides is 1. The van der Waals surface area contributed by atoms with Gasteiger partial charge in [-0.1, -0.05) is 12.1 Å². The van der Waals surface area contributed by atoms with E-state index < -0.39 is 49.3 Å². The van der Waals surface area contributed by atoms with E-state index in [1.165, 1.54) is 30.3 Å². The number of carbonyl (C=O) groups excluding carboxylic acids is 2. The third-order valence-corrected chi connectivity index (χ3v) is 9.54. The molecule has 13 heteroatoms. The molecular weight excluding hydrogens is 535 g/mol. The fourth-order valence-corrected chi connectivity index (χ4v) is 7.81. The van der Waals surface area contributed by atoms with Crippen molar-refractivity contribution in [2.75, 3.05) is 16.3 Å². The molecule has 4 aliphatic heterocycles. The number of Topliss-reactive ketones (excluding diaryl/α,β-unsaturated/α-hetero) is 1. The lowest BCUT2D eigenvalue weighted by Gasteiger charge is -2.44. The number of hydrogen-bond donors (Lipinski definition) is 2. The molecule has 4 heterocycles. The molecule has 6 atom stereocenters. The van der Waals surface area contributed by atoms with E-state index >= 15 is 0 Å². The molecule has 0 spiro atoms. The number of halogens is 1. The number of nitrogens with one attached hydrogen (secondary N) is 2. The highest BCUT2D eigenvalue weighted by Crippen LogP contribution is 2.47. The highest BCUT2D eigenvalue weighted by Gasteiger charge is 2.62. The van der Waals surface area contributed by atoms with Crippen LogP contribution in [0.2, 0.25) is 0 Å². The molecule has 0 saturated carbocycles. The quantitative estimate of drug-likeness (QED) is 0.421. The summed E-state index contributed by atoms with van der Waals surface area (Å²) in [6.07, 6.45) is 1.84. The number of amides is 1. The zero-order chi connectivity index (χ0) is 27.0. The Labute approximate surface area is 219 Å². The van der Waals surface area contributed by atoms with E-state index in [1.54, 1.807) is 17.0 Å². The lowest BCUT2D eigenvalue weighted by Crippen LogP contribution is -2.62. The summed E-state index contributed by atoms with van der Waals surface area (Å²) in [6.45, 7) is 0.154. The van der Waals surface area contributed by atoms with Crippen molar-refractivity contribution in [1.82, 2.24) is 4.90 Å². The monoisotopic (exact) mass is 560 g/mol. The van der Waals surface area contributed by atoms with Crippen molar-refractivity contribution in [1.29, 1.82) is 0 Å². The van der Waals surface area contributed by atoms with E-state index in [9.17, 15) is 26.6 Å². The third-order valence-electron chi connectivity index (χ3n) is 7.41. The molecule has 0 aliphatic carbocycles. The first kappa shape index (κ1) is 25.0. The number of likely N-dealkylation sites (tertiary alicyclic amines) is 1. The molecule has 2 N–H and O–H groups in total. The van der Waals surface area contributed by atoms with Crippen LogP contribution >= 0.6 is 0 Å². The summed E-state index contributed by atoms with van der Waals surface area (Å²) in [7, 11) is -6.96. The van der Waals surface area contributed by atoms with E-state index in [0.29, 0.717) is 17.7 Å². The lowest BCUT2D eigenvalue weighted by molar-refractivity contribution is -0.151. The van der Waals surface area contributed by atoms with Crippen LogP contribution < -0.4 is 10.0 Å². The molecule has 4 aliphatic rings. The van der Waals surface area contributed by atoms with E-state index in [2.05, 4.69) is 20.3 Å². The van der Waals surface area contributed by atoms with Gasteiger partial charge in [0.1, 0.15) is 11.7 Å². The molecule has 38 heavy (non-hydrogen) atoms. The Morgan fingerprint density at radius 3 is 2.61 bits per heavy atom. The average Bonchev–Trinajstić information content (AvgIpc) is 3.45. The number of carbonyl (C=O) groups is 2. The molecular formula is C25H25FN4O6S2. The fourth-order valence-electron chi connectivity index (χ4n) is 5.91. The zero-order valence-corrected chi connectivity index (χ0v) is 21.9. The molecule has 6 rings (SSSR count). The largest absolute Gasteiger partial charge is 0.372 e. The van der Waals surface area contributed by atoms with Crippen LogP contribution in [0.25, 0.3) is 0 Å². The van der Waals surface area contributed by atoms with Gasteiger partial charge in [-0.2, -0.15) is 4.40 Å². The standard InChI is InChI=1S/C25H25FN4O6S2/c1-37(33)19-11-15(28-38(2,34)35)7-8-16(19)27-24(29-37)21-23(31)20-17-9-10-18(36-17)22(20)30(25(21)32)12-13-3-5-14(26)6-4-13/h3-8,11,17-18,20-22,28H,1,9-10,12H2,2H3,(H,27,29,33)/t17-,18+,20-,21?,22+,37?/m1/s1. The summed E-state index contributed by atoms with van der Waals surface area (Å²) in [5.74, 6) is 0.510. The predicted molar refractivity (Wildman–Crippen MR) is 140 cm³/mol. The molecule has 0 aromatic heterocycles. The van der Waals surface area contributed by atoms with Crippen LogP contribution in [-0.2, 0) is 40.6 Å². The molecule has 3 fully saturated rings. The average molecular weight is 561 g/mol. The second-order valence-electron chi connectivity index (χ2n) is 10.1. The number of fused-ring (bicyclic) bond motifs is 6. The van der Waals surface area contributed by atoms with Crippen LogP contribution in [0.5, 0.6) is 0 Å². The Hall–Kier alpha value is -3.29. The molecule has 2 aromatic carbocycles. The van der Waals surface area contributed by atoms with Crippen molar-refractivity contribution in [2.24, 2.45) is 16.2 Å². The van der Waals surface area contributed by atoms with Gasteiger partial charge in [0.2, 0.25) is 15.9 Å². The highest BCUT2D eigenvalue weighted by molar-refractivity contribution is 7.99. The Bertz CT molecular complexity index is 1610. The van der Waals surface area contributed by atoms with Crippen LogP contribution in [0, 0.1) is 17.7 Å². The molecule has 1 amide bonds. The van der Waals surface area contributed by atoms with E-state index in [1.807, 2.05) is 0 Å². The van der Waals surface area contributed by atoms with Crippen LogP contribution in [0.3, 0.4) is 0 Å². The molecule has 200 valence electrons. The number of amidine groups is 1. The van der Waals surface area contributed by atoms with Crippen molar-refractivity contribution < 1.29 is 31.3 Å². The maximum absolute atomic E-state index is 13.9. The number of ketones is 1. The Morgan fingerprint density at radius 2 is 1.89 bits per heavy atom. The van der Waals surface area contributed by atoms with Crippen LogP contribution in [0.1, 0.15) is 18.4 Å². The number of benzene rings is 2. The molecule has 0 radical (unpaired) electrons. The minimum atomic E-state index is -3.58. The topological polar surface area (TPSA) is 134 Å². The SMILES string of the molecule is C=S1(=O)N=C(C2C(=O)[C@H]3[C@H]([C@@H]4CC[C@H]3O4)N(Cc3ccc(F)cc3)C2=O)Nc2ccc(NS(C)(=O)=O)cc21. The van der Waals surface area contributed by atoms with Gasteiger partial charge in [-0.3, -0.25) is 14.3 Å². The minimum Gasteiger partial charge on any atom is -0.372 e.